The highest BCUT2D eigenvalue weighted by atomic mass is 16.5. The van der Waals surface area contributed by atoms with Gasteiger partial charge in [-0.2, -0.15) is 0 Å². The summed E-state index contributed by atoms with van der Waals surface area (Å²) in [4.78, 5) is 2.28. The van der Waals surface area contributed by atoms with E-state index in [9.17, 15) is 0 Å². The third-order valence-corrected chi connectivity index (χ3v) is 13.0. The highest BCUT2D eigenvalue weighted by Gasteiger charge is 2.44. The Morgan fingerprint density at radius 2 is 1.08 bits per heavy atom. The Hall–Kier alpha value is -7.18. The van der Waals surface area contributed by atoms with Crippen molar-refractivity contribution < 1.29 is 9.47 Å². The molecule has 2 aliphatic heterocycles. The summed E-state index contributed by atoms with van der Waals surface area (Å²) >= 11 is 0. The number of hydrogen-bond acceptors (Lipinski definition) is 3. The minimum atomic E-state index is -0.154. The number of nitrogens with zero attached hydrogens (tertiary/aromatic N) is 3. The third kappa shape index (κ3) is 5.28. The summed E-state index contributed by atoms with van der Waals surface area (Å²) < 4.78 is 19.3. The van der Waals surface area contributed by atoms with Crippen molar-refractivity contribution in [3.8, 4) is 28.7 Å². The van der Waals surface area contributed by atoms with Crippen LogP contribution in [0.5, 0.6) is 23.0 Å². The first kappa shape index (κ1) is 35.7. The van der Waals surface area contributed by atoms with E-state index in [4.69, 9.17) is 9.47 Å². The molecule has 0 radical (unpaired) electrons. The molecule has 0 unspecified atom stereocenters. The van der Waals surface area contributed by atoms with Crippen molar-refractivity contribution in [3.63, 3.8) is 0 Å². The SMILES string of the molecule is Cc1ccc2c(c1)c1cc(C)ccc1n2-c1cc2c(c3c1c1ccccc1n3C)B1c3cc(C(C)(C)C)ccc3Oc3cc(N(c4ccccc4)c4ccccc4)cc(c31)O2. The van der Waals surface area contributed by atoms with Crippen molar-refractivity contribution in [1.82, 2.24) is 9.13 Å². The fourth-order valence-electron chi connectivity index (χ4n) is 10.2. The molecular weight excluding hydrogens is 745 g/mol. The second-order valence-electron chi connectivity index (χ2n) is 18.0. The van der Waals surface area contributed by atoms with Gasteiger partial charge in [0.1, 0.15) is 23.0 Å². The molecule has 10 aromatic rings. The Kier molecular flexibility index (Phi) is 7.57. The summed E-state index contributed by atoms with van der Waals surface area (Å²) in [5.74, 6) is 3.33. The maximum atomic E-state index is 7.43. The molecule has 6 heteroatoms. The van der Waals surface area contributed by atoms with Crippen LogP contribution in [0, 0.1) is 13.8 Å². The van der Waals surface area contributed by atoms with Crippen molar-refractivity contribution in [2.45, 2.75) is 40.0 Å². The first-order chi connectivity index (χ1) is 29.6. The Labute approximate surface area is 356 Å². The normalized spacial score (nSPS) is 13.0. The minimum absolute atomic E-state index is 0.0616. The number of fused-ring (bicyclic) bond motifs is 11. The summed E-state index contributed by atoms with van der Waals surface area (Å²) in [6.07, 6.45) is 0. The molecular formula is C55H44BN3O2. The van der Waals surface area contributed by atoms with Gasteiger partial charge >= 0.3 is 0 Å². The van der Waals surface area contributed by atoms with Gasteiger partial charge in [-0.1, -0.05) is 111 Å². The van der Waals surface area contributed by atoms with E-state index >= 15 is 0 Å². The maximum Gasteiger partial charge on any atom is 0.263 e. The molecule has 0 atom stereocenters. The van der Waals surface area contributed by atoms with Gasteiger partial charge < -0.3 is 23.5 Å². The number of rotatable bonds is 4. The molecule has 0 N–H and O–H groups in total. The molecule has 0 saturated heterocycles. The monoisotopic (exact) mass is 789 g/mol. The average Bonchev–Trinajstić information content (AvgIpc) is 3.74. The Morgan fingerprint density at radius 1 is 0.508 bits per heavy atom. The van der Waals surface area contributed by atoms with E-state index in [2.05, 4.69) is 213 Å². The predicted octanol–water partition coefficient (Wildman–Crippen LogP) is 12.5. The van der Waals surface area contributed by atoms with Gasteiger partial charge in [-0.15, -0.1) is 0 Å². The molecule has 294 valence electrons. The van der Waals surface area contributed by atoms with Gasteiger partial charge in [0.05, 0.1) is 22.4 Å². The molecule has 2 aromatic heterocycles. The van der Waals surface area contributed by atoms with Gasteiger partial charge in [-0.05, 0) is 96.4 Å². The first-order valence-corrected chi connectivity index (χ1v) is 21.3. The number of benzene rings is 8. The quantitative estimate of drug-likeness (QED) is 0.166. The lowest BCUT2D eigenvalue weighted by Crippen LogP contribution is -2.58. The summed E-state index contributed by atoms with van der Waals surface area (Å²) in [6, 6.07) is 57.2. The minimum Gasteiger partial charge on any atom is -0.458 e. The fraction of sp³-hybridized carbons (Fsp3) is 0.127. The molecule has 0 aliphatic carbocycles. The molecule has 0 saturated carbocycles. The van der Waals surface area contributed by atoms with E-state index in [1.165, 1.54) is 54.8 Å². The Morgan fingerprint density at radius 3 is 1.70 bits per heavy atom. The van der Waals surface area contributed by atoms with Gasteiger partial charge in [0.2, 0.25) is 0 Å². The summed E-state index contributed by atoms with van der Waals surface area (Å²) in [6.45, 7) is 11.1. The van der Waals surface area contributed by atoms with Crippen LogP contribution in [0.25, 0.3) is 49.3 Å². The number of aromatic nitrogens is 2. The van der Waals surface area contributed by atoms with Gasteiger partial charge in [0.25, 0.3) is 6.71 Å². The second-order valence-corrected chi connectivity index (χ2v) is 18.0. The lowest BCUT2D eigenvalue weighted by atomic mass is 9.34. The smallest absolute Gasteiger partial charge is 0.263 e. The van der Waals surface area contributed by atoms with Gasteiger partial charge in [0.15, 0.2) is 0 Å². The van der Waals surface area contributed by atoms with Crippen LogP contribution in [0.2, 0.25) is 0 Å². The number of anilines is 3. The summed E-state index contributed by atoms with van der Waals surface area (Å²) in [5, 5.41) is 4.92. The number of ether oxygens (including phenoxy) is 2. The first-order valence-electron chi connectivity index (χ1n) is 21.3. The van der Waals surface area contributed by atoms with Crippen molar-refractivity contribution in [2.75, 3.05) is 4.90 Å². The molecule has 5 nitrogen and oxygen atoms in total. The zero-order chi connectivity index (χ0) is 41.3. The number of aryl methyl sites for hydroxylation is 3. The average molecular weight is 790 g/mol. The highest BCUT2D eigenvalue weighted by Crippen LogP contribution is 2.46. The van der Waals surface area contributed by atoms with Crippen LogP contribution in [0.3, 0.4) is 0 Å². The van der Waals surface area contributed by atoms with Crippen LogP contribution >= 0.6 is 0 Å². The zero-order valence-corrected chi connectivity index (χ0v) is 35.2. The standard InChI is InChI=1S/C55H44BN3O2/c1-33-21-24-44-40(27-33)41-28-34(2)22-25-45(41)59(44)46-32-50-53(54-51(46)39-19-13-14-20-43(39)57(54)6)56-42-29-35(55(3,4)5)23-26-47(42)60-48-30-38(31-49(61-50)52(48)56)58(36-15-9-7-10-16-36)37-17-11-8-12-18-37/h7-32H,1-6H3. The maximum absolute atomic E-state index is 7.43. The van der Waals surface area contributed by atoms with E-state index in [-0.39, 0.29) is 12.1 Å². The van der Waals surface area contributed by atoms with Crippen molar-refractivity contribution in [3.05, 3.63) is 174 Å². The number of para-hydroxylation sites is 3. The Balaban J connectivity index is 1.20. The van der Waals surface area contributed by atoms with E-state index in [0.717, 1.165) is 67.7 Å². The van der Waals surface area contributed by atoms with Crippen molar-refractivity contribution >= 4 is 83.8 Å². The topological polar surface area (TPSA) is 31.6 Å². The molecule has 12 rings (SSSR count). The lowest BCUT2D eigenvalue weighted by Gasteiger charge is -2.36. The van der Waals surface area contributed by atoms with Crippen molar-refractivity contribution in [2.24, 2.45) is 7.05 Å². The van der Waals surface area contributed by atoms with E-state index in [1.54, 1.807) is 0 Å². The van der Waals surface area contributed by atoms with E-state index in [1.807, 2.05) is 0 Å². The summed E-state index contributed by atoms with van der Waals surface area (Å²) in [5.41, 5.74) is 15.9. The highest BCUT2D eigenvalue weighted by molar-refractivity contribution is 6.99. The molecule has 8 aromatic carbocycles. The van der Waals surface area contributed by atoms with Gasteiger partial charge in [-0.3, -0.25) is 0 Å². The van der Waals surface area contributed by atoms with Gasteiger partial charge in [-0.25, -0.2) is 0 Å². The van der Waals surface area contributed by atoms with Crippen LogP contribution in [0.4, 0.5) is 17.1 Å². The van der Waals surface area contributed by atoms with Crippen LogP contribution in [0.1, 0.15) is 37.5 Å². The Bertz CT molecular complexity index is 3350. The molecule has 4 heterocycles. The van der Waals surface area contributed by atoms with Crippen LogP contribution in [-0.2, 0) is 12.5 Å². The molecule has 61 heavy (non-hydrogen) atoms. The van der Waals surface area contributed by atoms with E-state index < -0.39 is 0 Å². The molecule has 2 aliphatic rings. The molecule has 0 spiro atoms. The van der Waals surface area contributed by atoms with Crippen LogP contribution in [-0.4, -0.2) is 15.8 Å². The fourth-order valence-corrected chi connectivity index (χ4v) is 10.2. The largest absolute Gasteiger partial charge is 0.458 e. The van der Waals surface area contributed by atoms with E-state index in [0.29, 0.717) is 0 Å². The summed E-state index contributed by atoms with van der Waals surface area (Å²) in [7, 11) is 2.22. The molecule has 0 amide bonds. The van der Waals surface area contributed by atoms with Crippen LogP contribution in [0.15, 0.2) is 158 Å². The third-order valence-electron chi connectivity index (χ3n) is 13.0. The predicted molar refractivity (Wildman–Crippen MR) is 255 cm³/mol. The van der Waals surface area contributed by atoms with Crippen LogP contribution < -0.4 is 30.8 Å². The zero-order valence-electron chi connectivity index (χ0n) is 35.2. The lowest BCUT2D eigenvalue weighted by molar-refractivity contribution is 0.464. The second kappa shape index (κ2) is 12.9. The number of hydrogen-bond donors (Lipinski definition) is 0. The molecule has 0 fully saturated rings. The van der Waals surface area contributed by atoms with Crippen molar-refractivity contribution in [1.29, 1.82) is 0 Å². The molecule has 0 bridgehead atoms. The van der Waals surface area contributed by atoms with Gasteiger partial charge in [0, 0.05) is 74.7 Å².